The molecular weight excluding hydrogens is 398 g/mol. The van der Waals surface area contributed by atoms with Gasteiger partial charge < -0.3 is 4.90 Å². The summed E-state index contributed by atoms with van der Waals surface area (Å²) in [7, 11) is -3.51. The fourth-order valence-corrected chi connectivity index (χ4v) is 5.43. The molecule has 0 spiro atoms. The van der Waals surface area contributed by atoms with Crippen molar-refractivity contribution >= 4 is 15.9 Å². The summed E-state index contributed by atoms with van der Waals surface area (Å²) in [5.41, 5.74) is 1.80. The fraction of sp³-hybridized carbons (Fsp3) is 0.435. The van der Waals surface area contributed by atoms with Gasteiger partial charge in [-0.05, 0) is 36.8 Å². The zero-order chi connectivity index (χ0) is 21.7. The molecule has 6 nitrogen and oxygen atoms in total. The number of piperazine rings is 1. The molecule has 0 aromatic heterocycles. The highest BCUT2D eigenvalue weighted by Crippen LogP contribution is 2.19. The third-order valence-corrected chi connectivity index (χ3v) is 7.73. The highest BCUT2D eigenvalue weighted by atomic mass is 32.2. The summed E-state index contributed by atoms with van der Waals surface area (Å²) in [5, 5.41) is 0. The number of hydrogen-bond acceptors (Lipinski definition) is 4. The fourth-order valence-electron chi connectivity index (χ4n) is 3.97. The summed E-state index contributed by atoms with van der Waals surface area (Å²) < 4.78 is 26.7. The maximum Gasteiger partial charge on any atom is 0.254 e. The predicted octanol–water partition coefficient (Wildman–Crippen LogP) is 3.06. The quantitative estimate of drug-likeness (QED) is 0.679. The first-order chi connectivity index (χ1) is 14.4. The maximum atomic E-state index is 13.0. The van der Waals surface area contributed by atoms with Crippen LogP contribution in [0.1, 0.15) is 36.7 Å². The Morgan fingerprint density at radius 3 is 2.20 bits per heavy atom. The van der Waals surface area contributed by atoms with Gasteiger partial charge in [0.05, 0.1) is 4.90 Å². The van der Waals surface area contributed by atoms with Gasteiger partial charge in [0, 0.05) is 50.9 Å². The van der Waals surface area contributed by atoms with Crippen molar-refractivity contribution in [2.75, 3.05) is 32.7 Å². The van der Waals surface area contributed by atoms with Crippen molar-refractivity contribution in [3.63, 3.8) is 0 Å². The number of sulfonamides is 1. The number of benzene rings is 2. The number of rotatable bonds is 7. The van der Waals surface area contributed by atoms with Crippen molar-refractivity contribution in [3.8, 4) is 0 Å². The first kappa shape index (κ1) is 22.5. The molecule has 1 unspecified atom stereocenters. The first-order valence-electron chi connectivity index (χ1n) is 10.5. The average Bonchev–Trinajstić information content (AvgIpc) is 2.75. The van der Waals surface area contributed by atoms with Gasteiger partial charge in [-0.15, -0.1) is 0 Å². The van der Waals surface area contributed by atoms with Crippen molar-refractivity contribution in [1.29, 1.82) is 0 Å². The van der Waals surface area contributed by atoms with E-state index in [0.717, 1.165) is 19.6 Å². The Labute approximate surface area is 180 Å². The van der Waals surface area contributed by atoms with Gasteiger partial charge in [-0.25, -0.2) is 8.42 Å². The van der Waals surface area contributed by atoms with E-state index in [-0.39, 0.29) is 16.8 Å². The van der Waals surface area contributed by atoms with Crippen molar-refractivity contribution in [2.24, 2.45) is 0 Å². The third kappa shape index (κ3) is 4.91. The highest BCUT2D eigenvalue weighted by molar-refractivity contribution is 7.89. The summed E-state index contributed by atoms with van der Waals surface area (Å²) in [6.45, 7) is 9.71. The Kier molecular flexibility index (Phi) is 7.28. The summed E-state index contributed by atoms with van der Waals surface area (Å²) in [5.74, 6) is -0.0475. The molecule has 30 heavy (non-hydrogen) atoms. The number of nitrogens with zero attached hydrogens (tertiary/aromatic N) is 3. The number of carbonyl (C=O) groups is 1. The van der Waals surface area contributed by atoms with E-state index in [4.69, 9.17) is 0 Å². The minimum atomic E-state index is -3.51. The van der Waals surface area contributed by atoms with E-state index >= 15 is 0 Å². The van der Waals surface area contributed by atoms with Crippen LogP contribution in [-0.4, -0.2) is 67.2 Å². The summed E-state index contributed by atoms with van der Waals surface area (Å²) >= 11 is 0. The molecule has 1 amide bonds. The van der Waals surface area contributed by atoms with Gasteiger partial charge in [-0.2, -0.15) is 4.31 Å². The van der Waals surface area contributed by atoms with Crippen LogP contribution < -0.4 is 0 Å². The van der Waals surface area contributed by atoms with Gasteiger partial charge in [-0.3, -0.25) is 9.69 Å². The maximum absolute atomic E-state index is 13.0. The molecule has 0 N–H and O–H groups in total. The molecule has 0 radical (unpaired) electrons. The Bertz CT molecular complexity index is 941. The topological polar surface area (TPSA) is 60.9 Å². The van der Waals surface area contributed by atoms with Crippen molar-refractivity contribution in [2.45, 2.75) is 38.3 Å². The van der Waals surface area contributed by atoms with Crippen LogP contribution in [0.3, 0.4) is 0 Å². The monoisotopic (exact) mass is 429 g/mol. The van der Waals surface area contributed by atoms with E-state index in [0.29, 0.717) is 25.2 Å². The SMILES string of the molecule is CCN(CC)S(=O)(=O)c1ccc(C(=O)N2CCN(Cc3ccccc3)CC2C)cc1. The zero-order valence-electron chi connectivity index (χ0n) is 18.0. The van der Waals surface area contributed by atoms with Crippen molar-refractivity contribution < 1.29 is 13.2 Å². The number of hydrogen-bond donors (Lipinski definition) is 0. The molecule has 1 atom stereocenters. The second-order valence-corrected chi connectivity index (χ2v) is 9.62. The second-order valence-electron chi connectivity index (χ2n) is 7.68. The van der Waals surface area contributed by atoms with E-state index in [2.05, 4.69) is 24.0 Å². The van der Waals surface area contributed by atoms with E-state index < -0.39 is 10.0 Å². The summed E-state index contributed by atoms with van der Waals surface area (Å²) in [4.78, 5) is 17.5. The largest absolute Gasteiger partial charge is 0.333 e. The Morgan fingerprint density at radius 1 is 1.00 bits per heavy atom. The molecule has 0 aliphatic carbocycles. The lowest BCUT2D eigenvalue weighted by Crippen LogP contribution is -2.53. The lowest BCUT2D eigenvalue weighted by Gasteiger charge is -2.40. The van der Waals surface area contributed by atoms with Gasteiger partial charge in [0.1, 0.15) is 0 Å². The van der Waals surface area contributed by atoms with Crippen LogP contribution >= 0.6 is 0 Å². The second kappa shape index (κ2) is 9.73. The number of carbonyl (C=O) groups excluding carboxylic acids is 1. The van der Waals surface area contributed by atoms with E-state index in [1.807, 2.05) is 36.9 Å². The molecule has 162 valence electrons. The Balaban J connectivity index is 1.65. The predicted molar refractivity (Wildman–Crippen MR) is 119 cm³/mol. The van der Waals surface area contributed by atoms with Gasteiger partial charge >= 0.3 is 0 Å². The smallest absolute Gasteiger partial charge is 0.254 e. The van der Waals surface area contributed by atoms with Crippen LogP contribution in [0.4, 0.5) is 0 Å². The third-order valence-electron chi connectivity index (χ3n) is 5.67. The lowest BCUT2D eigenvalue weighted by molar-refractivity contribution is 0.0475. The van der Waals surface area contributed by atoms with Crippen LogP contribution in [0.25, 0.3) is 0 Å². The summed E-state index contributed by atoms with van der Waals surface area (Å²) in [6, 6.07) is 16.8. The molecule has 1 heterocycles. The molecule has 2 aromatic carbocycles. The minimum Gasteiger partial charge on any atom is -0.333 e. The molecule has 2 aromatic rings. The zero-order valence-corrected chi connectivity index (χ0v) is 18.8. The average molecular weight is 430 g/mol. The molecule has 7 heteroatoms. The summed E-state index contributed by atoms with van der Waals surface area (Å²) in [6.07, 6.45) is 0. The standard InChI is InChI=1S/C23H31N3O3S/c1-4-25(5-2)30(28,29)22-13-11-21(12-14-22)23(27)26-16-15-24(17-19(26)3)18-20-9-7-6-8-10-20/h6-14,19H,4-5,15-18H2,1-3H3. The normalized spacial score (nSPS) is 18.0. The Morgan fingerprint density at radius 2 is 1.63 bits per heavy atom. The van der Waals surface area contributed by atoms with Crippen LogP contribution in [0, 0.1) is 0 Å². The van der Waals surface area contributed by atoms with Gasteiger partial charge in [0.15, 0.2) is 0 Å². The van der Waals surface area contributed by atoms with Gasteiger partial charge in [-0.1, -0.05) is 44.2 Å². The van der Waals surface area contributed by atoms with Gasteiger partial charge in [0.2, 0.25) is 10.0 Å². The molecule has 3 rings (SSSR count). The highest BCUT2D eigenvalue weighted by Gasteiger charge is 2.28. The molecule has 1 saturated heterocycles. The molecule has 1 aliphatic heterocycles. The van der Waals surface area contributed by atoms with Crippen LogP contribution in [0.2, 0.25) is 0 Å². The van der Waals surface area contributed by atoms with Crippen molar-refractivity contribution in [1.82, 2.24) is 14.1 Å². The van der Waals surface area contributed by atoms with E-state index in [9.17, 15) is 13.2 Å². The molecule has 0 bridgehead atoms. The molecule has 0 saturated carbocycles. The molecule has 1 aliphatic rings. The van der Waals surface area contributed by atoms with Crippen LogP contribution in [0.15, 0.2) is 59.5 Å². The van der Waals surface area contributed by atoms with Gasteiger partial charge in [0.25, 0.3) is 5.91 Å². The minimum absolute atomic E-state index is 0.0475. The number of amides is 1. The first-order valence-corrected chi connectivity index (χ1v) is 12.0. The molecule has 1 fully saturated rings. The van der Waals surface area contributed by atoms with Crippen LogP contribution in [-0.2, 0) is 16.6 Å². The van der Waals surface area contributed by atoms with Crippen molar-refractivity contribution in [3.05, 3.63) is 65.7 Å². The molecular formula is C23H31N3O3S. The van der Waals surface area contributed by atoms with E-state index in [1.165, 1.54) is 22.0 Å². The van der Waals surface area contributed by atoms with E-state index in [1.54, 1.807) is 12.1 Å². The van der Waals surface area contributed by atoms with Crippen LogP contribution in [0.5, 0.6) is 0 Å². The lowest BCUT2D eigenvalue weighted by atomic mass is 10.1. The Hall–Kier alpha value is -2.22.